The number of ether oxygens (including phenoxy) is 7. The van der Waals surface area contributed by atoms with Crippen LogP contribution in [0.1, 0.15) is 145 Å². The van der Waals surface area contributed by atoms with Crippen molar-refractivity contribution < 1.29 is 81.1 Å². The minimum absolute atomic E-state index is 0.120. The van der Waals surface area contributed by atoms with Crippen LogP contribution in [0.2, 0.25) is 0 Å². The van der Waals surface area contributed by atoms with E-state index >= 15 is 0 Å². The summed E-state index contributed by atoms with van der Waals surface area (Å²) in [6.45, 7) is 12.5. The lowest BCUT2D eigenvalue weighted by Crippen LogP contribution is -2.44. The molecule has 0 aromatic carbocycles. The van der Waals surface area contributed by atoms with Crippen LogP contribution in [0.3, 0.4) is 0 Å². The zero-order valence-electron chi connectivity index (χ0n) is 36.1. The first-order valence-corrected chi connectivity index (χ1v) is 20.8. The molecule has 0 saturated carbocycles. The molecule has 60 heavy (non-hydrogen) atoms. The molecule has 18 heteroatoms. The molecule has 2 fully saturated rings. The molecule has 0 aromatic heterocycles. The average Bonchev–Trinajstić information content (AvgIpc) is 3.61. The number of carbonyl (C=O) groups excluding carboxylic acids is 10. The van der Waals surface area contributed by atoms with Gasteiger partial charge < -0.3 is 38.5 Å². The van der Waals surface area contributed by atoms with E-state index in [4.69, 9.17) is 23.7 Å². The fourth-order valence-corrected chi connectivity index (χ4v) is 7.52. The van der Waals surface area contributed by atoms with Crippen molar-refractivity contribution in [3.05, 3.63) is 0 Å². The quantitative estimate of drug-likeness (QED) is 0.0524. The lowest BCUT2D eigenvalue weighted by molar-refractivity contribution is -0.176. The van der Waals surface area contributed by atoms with Gasteiger partial charge in [0.2, 0.25) is 5.91 Å². The van der Waals surface area contributed by atoms with E-state index in [1.165, 1.54) is 27.7 Å². The van der Waals surface area contributed by atoms with Crippen molar-refractivity contribution in [2.45, 2.75) is 182 Å². The van der Waals surface area contributed by atoms with Crippen molar-refractivity contribution in [2.75, 3.05) is 0 Å². The van der Waals surface area contributed by atoms with Crippen molar-refractivity contribution in [3.63, 3.8) is 0 Å². The van der Waals surface area contributed by atoms with Gasteiger partial charge >= 0.3 is 53.7 Å². The molecule has 2 saturated heterocycles. The first kappa shape index (κ1) is 51.2. The van der Waals surface area contributed by atoms with Crippen LogP contribution in [0.5, 0.6) is 0 Å². The number of hydrogen-bond acceptors (Lipinski definition) is 17. The van der Waals surface area contributed by atoms with Gasteiger partial charge in [0, 0.05) is 34.1 Å². The predicted molar refractivity (Wildman–Crippen MR) is 208 cm³/mol. The standard InChI is InChI=1S/C42H63NO17/c1-9-10-13-24(3)40(58-37(49)19-31-21-39(51)60-42(31)53)35(57-36(48)18-30-20-38(50)59-41(30)52)17-23(2)16-32(54-27(6)45)14-11-12-15-33(55-28(7)46)22-34(56-29(8)47)25(4)43-26(5)44/h23-25,30-35,40H,9-22H2,1-8H3,(H,43,44)/t23-,24+,25-,30?,31?,32-,33+,34-,35-,40-/m0/s1. The van der Waals surface area contributed by atoms with Crippen LogP contribution in [0.15, 0.2) is 0 Å². The first-order chi connectivity index (χ1) is 28.2. The van der Waals surface area contributed by atoms with Crippen molar-refractivity contribution in [1.29, 1.82) is 0 Å². The van der Waals surface area contributed by atoms with Gasteiger partial charge in [0.25, 0.3) is 0 Å². The third-order valence-electron chi connectivity index (χ3n) is 10.3. The van der Waals surface area contributed by atoms with Gasteiger partial charge in [-0.15, -0.1) is 0 Å². The summed E-state index contributed by atoms with van der Waals surface area (Å²) < 4.78 is 37.8. The van der Waals surface area contributed by atoms with Gasteiger partial charge in [-0.1, -0.05) is 33.6 Å². The number of unbranched alkanes of at least 4 members (excludes halogenated alkanes) is 2. The minimum atomic E-state index is -1.07. The van der Waals surface area contributed by atoms with E-state index in [2.05, 4.69) is 14.8 Å². The largest absolute Gasteiger partial charge is 0.463 e. The molecular formula is C42H63NO17. The lowest BCUT2D eigenvalue weighted by atomic mass is 9.87. The van der Waals surface area contributed by atoms with Crippen LogP contribution in [-0.4, -0.2) is 96.2 Å². The number of rotatable bonds is 27. The number of esters is 9. The van der Waals surface area contributed by atoms with Crippen LogP contribution in [0.4, 0.5) is 0 Å². The van der Waals surface area contributed by atoms with Gasteiger partial charge in [0.05, 0.1) is 43.6 Å². The molecule has 2 rings (SSSR count). The van der Waals surface area contributed by atoms with E-state index in [0.717, 1.165) is 12.8 Å². The van der Waals surface area contributed by atoms with Crippen LogP contribution in [0.25, 0.3) is 0 Å². The van der Waals surface area contributed by atoms with E-state index in [1.807, 2.05) is 20.8 Å². The van der Waals surface area contributed by atoms with Crippen molar-refractivity contribution in [3.8, 4) is 0 Å². The summed E-state index contributed by atoms with van der Waals surface area (Å²) in [5.41, 5.74) is 0. The molecule has 2 unspecified atom stereocenters. The van der Waals surface area contributed by atoms with Crippen LogP contribution >= 0.6 is 0 Å². The van der Waals surface area contributed by atoms with Crippen molar-refractivity contribution >= 4 is 59.6 Å². The minimum Gasteiger partial charge on any atom is -0.463 e. The molecule has 338 valence electrons. The number of hydrogen-bond donors (Lipinski definition) is 1. The summed E-state index contributed by atoms with van der Waals surface area (Å²) in [7, 11) is 0. The molecule has 0 aliphatic carbocycles. The van der Waals surface area contributed by atoms with Gasteiger partial charge in [-0.3, -0.25) is 47.9 Å². The normalized spacial score (nSPS) is 20.3. The summed E-state index contributed by atoms with van der Waals surface area (Å²) in [5, 5.41) is 2.70. The third-order valence-corrected chi connectivity index (χ3v) is 10.3. The highest BCUT2D eigenvalue weighted by Gasteiger charge is 2.41. The SMILES string of the molecule is CCCC[C@@H](C)[C@H](OC(=O)CC1CC(=O)OC1=O)[C@H](C[C@@H](C)C[C@H](CCCC[C@H](C[C@H](OC(C)=O)[C@H](C)NC(C)=O)OC(C)=O)OC(C)=O)OC(=O)CC1CC(=O)OC1=O. The molecule has 0 bridgehead atoms. The van der Waals surface area contributed by atoms with E-state index < -0.39 is 115 Å². The molecule has 10 atom stereocenters. The summed E-state index contributed by atoms with van der Waals surface area (Å²) in [4.78, 5) is 122. The van der Waals surface area contributed by atoms with Gasteiger partial charge in [-0.05, 0) is 63.7 Å². The molecule has 18 nitrogen and oxygen atoms in total. The van der Waals surface area contributed by atoms with E-state index in [-0.39, 0.29) is 43.4 Å². The monoisotopic (exact) mass is 853 g/mol. The van der Waals surface area contributed by atoms with Gasteiger partial charge in [0.15, 0.2) is 0 Å². The second-order valence-electron chi connectivity index (χ2n) is 16.1. The van der Waals surface area contributed by atoms with Crippen LogP contribution < -0.4 is 5.32 Å². The molecule has 0 aromatic rings. The molecule has 1 N–H and O–H groups in total. The smallest absolute Gasteiger partial charge is 0.317 e. The van der Waals surface area contributed by atoms with E-state index in [9.17, 15) is 47.9 Å². The fraction of sp³-hybridized carbons (Fsp3) is 0.762. The van der Waals surface area contributed by atoms with Crippen LogP contribution in [0, 0.1) is 23.7 Å². The Balaban J connectivity index is 2.26. The summed E-state index contributed by atoms with van der Waals surface area (Å²) >= 11 is 0. The van der Waals surface area contributed by atoms with Crippen molar-refractivity contribution in [2.24, 2.45) is 23.7 Å². The molecule has 0 radical (unpaired) electrons. The van der Waals surface area contributed by atoms with Gasteiger partial charge in [0.1, 0.15) is 30.5 Å². The summed E-state index contributed by atoms with van der Waals surface area (Å²) in [6, 6.07) is -0.555. The summed E-state index contributed by atoms with van der Waals surface area (Å²) in [5.74, 6) is -9.45. The molecule has 2 aliphatic rings. The zero-order chi connectivity index (χ0) is 45.1. The topological polar surface area (TPSA) is 247 Å². The number of amides is 1. The Bertz CT molecular complexity index is 1540. The highest BCUT2D eigenvalue weighted by atomic mass is 16.6. The molecule has 1 amide bonds. The molecule has 0 spiro atoms. The maximum absolute atomic E-state index is 13.4. The summed E-state index contributed by atoms with van der Waals surface area (Å²) in [6.07, 6.45) is -1.04. The predicted octanol–water partition coefficient (Wildman–Crippen LogP) is 4.28. The Morgan fingerprint density at radius 2 is 1.10 bits per heavy atom. The van der Waals surface area contributed by atoms with Crippen LogP contribution in [-0.2, 0) is 81.1 Å². The molecule has 2 heterocycles. The Morgan fingerprint density at radius 1 is 0.617 bits per heavy atom. The van der Waals surface area contributed by atoms with Gasteiger partial charge in [-0.25, -0.2) is 0 Å². The Morgan fingerprint density at radius 3 is 1.53 bits per heavy atom. The average molecular weight is 854 g/mol. The highest BCUT2D eigenvalue weighted by Crippen LogP contribution is 2.31. The zero-order valence-corrected chi connectivity index (χ0v) is 36.1. The Kier molecular flexibility index (Phi) is 21.9. The maximum atomic E-state index is 13.4. The fourth-order valence-electron chi connectivity index (χ4n) is 7.52. The third kappa shape index (κ3) is 19.4. The van der Waals surface area contributed by atoms with Gasteiger partial charge in [-0.2, -0.15) is 0 Å². The highest BCUT2D eigenvalue weighted by molar-refractivity contribution is 5.97. The first-order valence-electron chi connectivity index (χ1n) is 20.8. The second-order valence-corrected chi connectivity index (χ2v) is 16.1. The number of carbonyl (C=O) groups is 10. The van der Waals surface area contributed by atoms with E-state index in [0.29, 0.717) is 38.5 Å². The maximum Gasteiger partial charge on any atom is 0.317 e. The number of nitrogens with one attached hydrogen (secondary N) is 1. The number of cyclic esters (lactones) is 4. The Hall–Kier alpha value is -4.90. The lowest BCUT2D eigenvalue weighted by Gasteiger charge is -2.33. The van der Waals surface area contributed by atoms with Crippen molar-refractivity contribution in [1.82, 2.24) is 5.32 Å². The Labute approximate surface area is 351 Å². The van der Waals surface area contributed by atoms with E-state index in [1.54, 1.807) is 6.92 Å². The molecule has 2 aliphatic heterocycles. The molecular weight excluding hydrogens is 790 g/mol. The second kappa shape index (κ2) is 25.7.